The number of carbonyl (C=O) groups is 2. The number of anilines is 1. The van der Waals surface area contributed by atoms with Gasteiger partial charge in [0.05, 0.1) is 12.5 Å². The Morgan fingerprint density at radius 2 is 1.80 bits per heavy atom. The minimum Gasteiger partial charge on any atom is -0.481 e. The zero-order chi connectivity index (χ0) is 26.0. The molecular weight excluding hydrogens is 438 g/mol. The molecule has 5 heteroatoms. The molecule has 0 fully saturated rings. The number of carboxylic acids is 1. The van der Waals surface area contributed by atoms with Crippen LogP contribution in [0, 0.1) is 5.41 Å². The number of aliphatic hydroxyl groups excluding tert-OH is 1. The Labute approximate surface area is 209 Å². The van der Waals surface area contributed by atoms with Crippen molar-refractivity contribution >= 4 is 17.6 Å². The number of benzene rings is 1. The molecule has 0 aromatic heterocycles. The Balaban J connectivity index is 1.90. The second-order valence-corrected chi connectivity index (χ2v) is 10.1. The second kappa shape index (κ2) is 13.1. The molecule has 0 bridgehead atoms. The summed E-state index contributed by atoms with van der Waals surface area (Å²) < 4.78 is 0. The fourth-order valence-electron chi connectivity index (χ4n) is 4.34. The molecule has 0 saturated heterocycles. The summed E-state index contributed by atoms with van der Waals surface area (Å²) in [6.45, 7) is 10.8. The monoisotopic (exact) mass is 477 g/mol. The van der Waals surface area contributed by atoms with Crippen LogP contribution in [0.4, 0.5) is 5.69 Å². The van der Waals surface area contributed by atoms with Gasteiger partial charge in [-0.15, -0.1) is 0 Å². The van der Waals surface area contributed by atoms with E-state index in [2.05, 4.69) is 45.2 Å². The van der Waals surface area contributed by atoms with Crippen LogP contribution in [0.3, 0.4) is 0 Å². The van der Waals surface area contributed by atoms with Gasteiger partial charge in [0.1, 0.15) is 0 Å². The lowest BCUT2D eigenvalue weighted by atomic mass is 9.72. The number of rotatable bonds is 10. The number of carbonyl (C=O) groups excluding carboxylic acids is 1. The number of hydrogen-bond donors (Lipinski definition) is 3. The number of carboxylic acid groups (broad SMARTS) is 1. The Bertz CT molecular complexity index is 1050. The first kappa shape index (κ1) is 28.1. The standard InChI is InChI=1S/C30H39NO4/c1-21(11-16-27-23(3)10-7-17-30(27,4)5)8-6-9-22(2)18-28(33)31-25-14-12-24(13-15-25)19-26(32)20-29(34)35/h6,8-9,11-16,18,26,32H,7,10,17,19-20H2,1-5H3,(H,31,33)(H,34,35)/b9-6+,16-11+,21-8+,22-18+. The number of aliphatic hydroxyl groups is 1. The van der Waals surface area contributed by atoms with E-state index in [1.807, 2.05) is 25.2 Å². The normalized spacial score (nSPS) is 17.8. The molecule has 0 spiro atoms. The fraction of sp³-hybridized carbons (Fsp3) is 0.400. The van der Waals surface area contributed by atoms with Crippen LogP contribution in [-0.2, 0) is 16.0 Å². The van der Waals surface area contributed by atoms with E-state index in [1.54, 1.807) is 30.3 Å². The van der Waals surface area contributed by atoms with Crippen LogP contribution in [-0.4, -0.2) is 28.2 Å². The van der Waals surface area contributed by atoms with Crippen molar-refractivity contribution in [2.75, 3.05) is 5.32 Å². The third-order valence-corrected chi connectivity index (χ3v) is 6.24. The maximum absolute atomic E-state index is 12.3. The van der Waals surface area contributed by atoms with E-state index in [4.69, 9.17) is 5.11 Å². The number of aliphatic carboxylic acids is 1. The SMILES string of the molecule is CC1=C(/C=C/C(C)=C/C=C/C(C)=C/C(=O)Nc2ccc(CC(O)CC(=O)O)cc2)C(C)(C)CCC1. The smallest absolute Gasteiger partial charge is 0.305 e. The van der Waals surface area contributed by atoms with Gasteiger partial charge in [-0.2, -0.15) is 0 Å². The third-order valence-electron chi connectivity index (χ3n) is 6.24. The van der Waals surface area contributed by atoms with Gasteiger partial charge in [-0.1, -0.05) is 67.5 Å². The van der Waals surface area contributed by atoms with Crippen LogP contribution in [0.1, 0.15) is 65.9 Å². The van der Waals surface area contributed by atoms with E-state index in [1.165, 1.54) is 30.4 Å². The van der Waals surface area contributed by atoms with Gasteiger partial charge >= 0.3 is 5.97 Å². The lowest BCUT2D eigenvalue weighted by molar-refractivity contribution is -0.139. The fourth-order valence-corrected chi connectivity index (χ4v) is 4.34. The highest BCUT2D eigenvalue weighted by atomic mass is 16.4. The third kappa shape index (κ3) is 9.91. The molecule has 0 saturated carbocycles. The van der Waals surface area contributed by atoms with Crippen LogP contribution < -0.4 is 5.32 Å². The van der Waals surface area contributed by atoms with Gasteiger partial charge in [0, 0.05) is 11.8 Å². The summed E-state index contributed by atoms with van der Waals surface area (Å²) in [4.78, 5) is 23.0. The largest absolute Gasteiger partial charge is 0.481 e. The first-order valence-electron chi connectivity index (χ1n) is 12.2. The topological polar surface area (TPSA) is 86.6 Å². The second-order valence-electron chi connectivity index (χ2n) is 10.1. The highest BCUT2D eigenvalue weighted by Gasteiger charge is 2.26. The van der Waals surface area contributed by atoms with Crippen molar-refractivity contribution in [3.63, 3.8) is 0 Å². The molecule has 1 aliphatic rings. The quantitative estimate of drug-likeness (QED) is 0.264. The van der Waals surface area contributed by atoms with E-state index < -0.39 is 12.1 Å². The van der Waals surface area contributed by atoms with Crippen LogP contribution >= 0.6 is 0 Å². The Morgan fingerprint density at radius 3 is 2.43 bits per heavy atom. The Morgan fingerprint density at radius 1 is 1.11 bits per heavy atom. The summed E-state index contributed by atoms with van der Waals surface area (Å²) in [6.07, 6.45) is 14.5. The highest BCUT2D eigenvalue weighted by Crippen LogP contribution is 2.40. The molecule has 1 amide bonds. The molecule has 1 aromatic rings. The molecule has 0 aliphatic heterocycles. The molecular formula is C30H39NO4. The van der Waals surface area contributed by atoms with E-state index in [9.17, 15) is 14.7 Å². The van der Waals surface area contributed by atoms with Crippen LogP contribution in [0.2, 0.25) is 0 Å². The summed E-state index contributed by atoms with van der Waals surface area (Å²) in [6, 6.07) is 7.01. The zero-order valence-electron chi connectivity index (χ0n) is 21.6. The van der Waals surface area contributed by atoms with Gasteiger partial charge in [0.25, 0.3) is 0 Å². The highest BCUT2D eigenvalue weighted by molar-refractivity contribution is 5.99. The van der Waals surface area contributed by atoms with Crippen molar-refractivity contribution in [2.24, 2.45) is 5.41 Å². The summed E-state index contributed by atoms with van der Waals surface area (Å²) in [5, 5.41) is 21.3. The van der Waals surface area contributed by atoms with Crippen LogP contribution in [0.25, 0.3) is 0 Å². The van der Waals surface area contributed by atoms with Gasteiger partial charge in [-0.05, 0) is 80.7 Å². The van der Waals surface area contributed by atoms with Crippen molar-refractivity contribution in [3.05, 3.63) is 88.6 Å². The summed E-state index contributed by atoms with van der Waals surface area (Å²) >= 11 is 0. The summed E-state index contributed by atoms with van der Waals surface area (Å²) in [5.41, 5.74) is 6.57. The molecule has 2 rings (SSSR count). The van der Waals surface area contributed by atoms with Gasteiger partial charge < -0.3 is 15.5 Å². The maximum Gasteiger partial charge on any atom is 0.305 e. The Hall–Kier alpha value is -3.18. The summed E-state index contributed by atoms with van der Waals surface area (Å²) in [5.74, 6) is -1.26. The minimum absolute atomic E-state index is 0.226. The van der Waals surface area contributed by atoms with Gasteiger partial charge in [-0.3, -0.25) is 9.59 Å². The molecule has 1 atom stereocenters. The predicted molar refractivity (Wildman–Crippen MR) is 143 cm³/mol. The molecule has 0 heterocycles. The molecule has 1 aliphatic carbocycles. The zero-order valence-corrected chi connectivity index (χ0v) is 21.6. The average molecular weight is 478 g/mol. The maximum atomic E-state index is 12.3. The number of nitrogens with one attached hydrogen (secondary N) is 1. The molecule has 188 valence electrons. The first-order valence-corrected chi connectivity index (χ1v) is 12.2. The molecule has 1 aromatic carbocycles. The molecule has 5 nitrogen and oxygen atoms in total. The predicted octanol–water partition coefficient (Wildman–Crippen LogP) is 6.53. The van der Waals surface area contributed by atoms with E-state index in [-0.39, 0.29) is 24.2 Å². The van der Waals surface area contributed by atoms with Crippen molar-refractivity contribution in [3.8, 4) is 0 Å². The van der Waals surface area contributed by atoms with Gasteiger partial charge in [0.2, 0.25) is 5.91 Å². The van der Waals surface area contributed by atoms with E-state index >= 15 is 0 Å². The molecule has 3 N–H and O–H groups in total. The van der Waals surface area contributed by atoms with Crippen molar-refractivity contribution in [1.82, 2.24) is 0 Å². The van der Waals surface area contributed by atoms with E-state index in [0.717, 1.165) is 16.7 Å². The van der Waals surface area contributed by atoms with Crippen LogP contribution in [0.5, 0.6) is 0 Å². The molecule has 35 heavy (non-hydrogen) atoms. The number of allylic oxidation sites excluding steroid dienone is 9. The Kier molecular flexibility index (Phi) is 10.5. The average Bonchev–Trinajstić information content (AvgIpc) is 2.73. The minimum atomic E-state index is -1.03. The number of amides is 1. The van der Waals surface area contributed by atoms with Crippen molar-refractivity contribution in [2.45, 2.75) is 72.8 Å². The molecule has 0 radical (unpaired) electrons. The molecule has 1 unspecified atom stereocenters. The first-order chi connectivity index (χ1) is 16.5. The van der Waals surface area contributed by atoms with Gasteiger partial charge in [-0.25, -0.2) is 0 Å². The van der Waals surface area contributed by atoms with Crippen LogP contribution in [0.15, 0.2) is 83.0 Å². The lowest BCUT2D eigenvalue weighted by Gasteiger charge is -2.32. The lowest BCUT2D eigenvalue weighted by Crippen LogP contribution is -2.19. The summed E-state index contributed by atoms with van der Waals surface area (Å²) in [7, 11) is 0. The van der Waals surface area contributed by atoms with E-state index in [0.29, 0.717) is 5.69 Å². The van der Waals surface area contributed by atoms with Crippen molar-refractivity contribution in [1.29, 1.82) is 0 Å². The number of hydrogen-bond acceptors (Lipinski definition) is 3. The van der Waals surface area contributed by atoms with Crippen molar-refractivity contribution < 1.29 is 19.8 Å². The van der Waals surface area contributed by atoms with Gasteiger partial charge in [0.15, 0.2) is 0 Å².